The molecular weight excluding hydrogens is 350 g/mol. The fraction of sp³-hybridized carbons (Fsp3) is 0.368. The van der Waals surface area contributed by atoms with Gasteiger partial charge in [0, 0.05) is 37.6 Å². The normalized spacial score (nSPS) is 11.6. The van der Waals surface area contributed by atoms with E-state index in [0.717, 1.165) is 34.2 Å². The number of nitrogens with one attached hydrogen (secondary N) is 1. The van der Waals surface area contributed by atoms with E-state index < -0.39 is 10.0 Å². The molecule has 1 N–H and O–H groups in total. The predicted molar refractivity (Wildman–Crippen MR) is 103 cm³/mol. The highest BCUT2D eigenvalue weighted by molar-refractivity contribution is 7.88. The van der Waals surface area contributed by atoms with E-state index in [-0.39, 0.29) is 25.4 Å². The number of hydrogen-bond acceptors (Lipinski definition) is 4. The highest BCUT2D eigenvalue weighted by Crippen LogP contribution is 2.22. The molecule has 0 bridgehead atoms. The van der Waals surface area contributed by atoms with Crippen molar-refractivity contribution in [3.63, 3.8) is 0 Å². The van der Waals surface area contributed by atoms with E-state index in [9.17, 15) is 13.2 Å². The number of nitrogens with zero attached hydrogens (tertiary/aromatic N) is 2. The molecule has 0 saturated carbocycles. The molecule has 0 fully saturated rings. The smallest absolute Gasteiger partial charge is 0.225 e. The Morgan fingerprint density at radius 1 is 1.19 bits per heavy atom. The largest absolute Gasteiger partial charge is 0.326 e. The van der Waals surface area contributed by atoms with Gasteiger partial charge >= 0.3 is 0 Å². The van der Waals surface area contributed by atoms with Crippen molar-refractivity contribution in [3.05, 3.63) is 58.9 Å². The number of sulfonamides is 1. The third-order valence-corrected chi connectivity index (χ3v) is 5.33. The third-order valence-electron chi connectivity index (χ3n) is 4.08. The molecule has 0 atom stereocenters. The van der Waals surface area contributed by atoms with E-state index in [1.165, 1.54) is 4.31 Å². The standard InChI is InChI=1S/C19H25N3O3S/c1-14-10-15(2)19(16(3)11-14)21-18(23)7-9-22(26(4,24)25)13-17-6-5-8-20-12-17/h5-6,8,10-12H,7,9,13H2,1-4H3,(H,21,23). The van der Waals surface area contributed by atoms with E-state index in [1.54, 1.807) is 18.5 Å². The average Bonchev–Trinajstić information content (AvgIpc) is 2.54. The van der Waals surface area contributed by atoms with Crippen LogP contribution in [0.4, 0.5) is 5.69 Å². The predicted octanol–water partition coefficient (Wildman–Crippen LogP) is 2.80. The molecule has 1 aromatic carbocycles. The molecule has 0 aliphatic heterocycles. The van der Waals surface area contributed by atoms with Crippen molar-refractivity contribution in [2.75, 3.05) is 18.1 Å². The van der Waals surface area contributed by atoms with Crippen molar-refractivity contribution in [1.82, 2.24) is 9.29 Å². The van der Waals surface area contributed by atoms with Gasteiger partial charge in [0.1, 0.15) is 0 Å². The van der Waals surface area contributed by atoms with Gasteiger partial charge in [-0.05, 0) is 43.5 Å². The van der Waals surface area contributed by atoms with Gasteiger partial charge in [-0.2, -0.15) is 4.31 Å². The van der Waals surface area contributed by atoms with Crippen molar-refractivity contribution < 1.29 is 13.2 Å². The van der Waals surface area contributed by atoms with Crippen molar-refractivity contribution in [2.24, 2.45) is 0 Å². The zero-order chi connectivity index (χ0) is 19.3. The van der Waals surface area contributed by atoms with Crippen LogP contribution in [0.2, 0.25) is 0 Å². The maximum Gasteiger partial charge on any atom is 0.225 e. The maximum atomic E-state index is 12.3. The van der Waals surface area contributed by atoms with Crippen LogP contribution in [-0.4, -0.2) is 36.4 Å². The topological polar surface area (TPSA) is 79.4 Å². The Bertz CT molecular complexity index is 857. The van der Waals surface area contributed by atoms with E-state index in [1.807, 2.05) is 39.0 Å². The lowest BCUT2D eigenvalue weighted by atomic mass is 10.1. The highest BCUT2D eigenvalue weighted by Gasteiger charge is 2.19. The summed E-state index contributed by atoms with van der Waals surface area (Å²) in [4.78, 5) is 16.3. The summed E-state index contributed by atoms with van der Waals surface area (Å²) in [5.74, 6) is -0.208. The van der Waals surface area contributed by atoms with Crippen LogP contribution in [0.5, 0.6) is 0 Å². The van der Waals surface area contributed by atoms with Crippen LogP contribution in [0.3, 0.4) is 0 Å². The second-order valence-corrected chi connectivity index (χ2v) is 8.51. The quantitative estimate of drug-likeness (QED) is 0.807. The monoisotopic (exact) mass is 375 g/mol. The van der Waals surface area contributed by atoms with Crippen LogP contribution in [0.15, 0.2) is 36.7 Å². The van der Waals surface area contributed by atoms with Crippen LogP contribution in [0, 0.1) is 20.8 Å². The van der Waals surface area contributed by atoms with Gasteiger partial charge in [-0.1, -0.05) is 23.8 Å². The number of rotatable bonds is 7. The molecule has 26 heavy (non-hydrogen) atoms. The second-order valence-electron chi connectivity index (χ2n) is 6.53. The summed E-state index contributed by atoms with van der Waals surface area (Å²) < 4.78 is 25.3. The number of hydrogen-bond donors (Lipinski definition) is 1. The SMILES string of the molecule is Cc1cc(C)c(NC(=O)CCN(Cc2cccnc2)S(C)(=O)=O)c(C)c1. The first-order chi connectivity index (χ1) is 12.2. The zero-order valence-corrected chi connectivity index (χ0v) is 16.4. The number of anilines is 1. The fourth-order valence-electron chi connectivity index (χ4n) is 2.86. The minimum absolute atomic E-state index is 0.0834. The van der Waals surface area contributed by atoms with E-state index >= 15 is 0 Å². The molecule has 2 rings (SSSR count). The van der Waals surface area contributed by atoms with Crippen molar-refractivity contribution >= 4 is 21.6 Å². The van der Waals surface area contributed by atoms with E-state index in [4.69, 9.17) is 0 Å². The minimum Gasteiger partial charge on any atom is -0.326 e. The number of aromatic nitrogens is 1. The molecule has 1 heterocycles. The molecule has 1 amide bonds. The Labute approximate surface area is 155 Å². The van der Waals surface area contributed by atoms with Crippen LogP contribution in [0.25, 0.3) is 0 Å². The average molecular weight is 375 g/mol. The van der Waals surface area contributed by atoms with Crippen LogP contribution < -0.4 is 5.32 Å². The zero-order valence-electron chi connectivity index (χ0n) is 15.6. The number of pyridine rings is 1. The maximum absolute atomic E-state index is 12.3. The number of carbonyl (C=O) groups is 1. The van der Waals surface area contributed by atoms with Crippen molar-refractivity contribution in [1.29, 1.82) is 0 Å². The summed E-state index contributed by atoms with van der Waals surface area (Å²) in [6, 6.07) is 7.58. The first kappa shape index (κ1) is 20.1. The summed E-state index contributed by atoms with van der Waals surface area (Å²) in [6.07, 6.45) is 4.49. The fourth-order valence-corrected chi connectivity index (χ4v) is 3.67. The molecule has 140 valence electrons. The van der Waals surface area contributed by atoms with Gasteiger partial charge in [-0.15, -0.1) is 0 Å². The lowest BCUT2D eigenvalue weighted by Crippen LogP contribution is -2.32. The molecule has 1 aromatic heterocycles. The molecule has 0 radical (unpaired) electrons. The number of carbonyl (C=O) groups excluding carboxylic acids is 1. The molecule has 6 nitrogen and oxygen atoms in total. The Hall–Kier alpha value is -2.25. The van der Waals surface area contributed by atoms with Crippen molar-refractivity contribution in [2.45, 2.75) is 33.7 Å². The molecule has 0 spiro atoms. The van der Waals surface area contributed by atoms with Gasteiger partial charge in [0.15, 0.2) is 0 Å². The molecule has 0 unspecified atom stereocenters. The molecule has 7 heteroatoms. The van der Waals surface area contributed by atoms with Crippen LogP contribution >= 0.6 is 0 Å². The Morgan fingerprint density at radius 2 is 1.85 bits per heavy atom. The molecule has 0 aliphatic carbocycles. The summed E-state index contributed by atoms with van der Waals surface area (Å²) in [6.45, 7) is 6.21. The third kappa shape index (κ3) is 5.64. The number of aryl methyl sites for hydroxylation is 3. The van der Waals surface area contributed by atoms with Gasteiger partial charge in [0.25, 0.3) is 0 Å². The summed E-state index contributed by atoms with van der Waals surface area (Å²) in [5, 5.41) is 2.90. The summed E-state index contributed by atoms with van der Waals surface area (Å²) in [5.41, 5.74) is 4.69. The summed E-state index contributed by atoms with van der Waals surface area (Å²) >= 11 is 0. The highest BCUT2D eigenvalue weighted by atomic mass is 32.2. The summed E-state index contributed by atoms with van der Waals surface area (Å²) in [7, 11) is -3.43. The van der Waals surface area contributed by atoms with Gasteiger partial charge < -0.3 is 5.32 Å². The van der Waals surface area contributed by atoms with Gasteiger partial charge in [0.2, 0.25) is 15.9 Å². The van der Waals surface area contributed by atoms with Crippen LogP contribution in [0.1, 0.15) is 28.7 Å². The molecule has 2 aromatic rings. The number of benzene rings is 1. The lowest BCUT2D eigenvalue weighted by Gasteiger charge is -2.20. The second kappa shape index (κ2) is 8.42. The Balaban J connectivity index is 2.03. The first-order valence-corrected chi connectivity index (χ1v) is 10.2. The van der Waals surface area contributed by atoms with Crippen molar-refractivity contribution in [3.8, 4) is 0 Å². The molecule has 0 aliphatic rings. The minimum atomic E-state index is -3.43. The van der Waals surface area contributed by atoms with Crippen LogP contribution in [-0.2, 0) is 21.4 Å². The lowest BCUT2D eigenvalue weighted by molar-refractivity contribution is -0.116. The van der Waals surface area contributed by atoms with Gasteiger partial charge in [-0.25, -0.2) is 8.42 Å². The Kier molecular flexibility index (Phi) is 6.50. The molecule has 0 saturated heterocycles. The Morgan fingerprint density at radius 3 is 2.38 bits per heavy atom. The molecular formula is C19H25N3O3S. The van der Waals surface area contributed by atoms with E-state index in [2.05, 4.69) is 10.3 Å². The van der Waals surface area contributed by atoms with Gasteiger partial charge in [-0.3, -0.25) is 9.78 Å². The first-order valence-electron chi connectivity index (χ1n) is 8.38. The van der Waals surface area contributed by atoms with E-state index in [0.29, 0.717) is 0 Å². The van der Waals surface area contributed by atoms with Gasteiger partial charge in [0.05, 0.1) is 6.26 Å². The number of amides is 1.